The second-order valence-corrected chi connectivity index (χ2v) is 8.18. The quantitative estimate of drug-likeness (QED) is 0.905. The molecule has 0 aromatic carbocycles. The number of nitrogens with one attached hydrogen (secondary N) is 1. The predicted octanol–water partition coefficient (Wildman–Crippen LogP) is 2.10. The number of hydrogen-bond donors (Lipinski definition) is 1. The monoisotopic (exact) mass is 350 g/mol. The van der Waals surface area contributed by atoms with Gasteiger partial charge in [0.15, 0.2) is 0 Å². The van der Waals surface area contributed by atoms with Crippen LogP contribution >= 0.6 is 11.3 Å². The highest BCUT2D eigenvalue weighted by molar-refractivity contribution is 7.14. The number of morpholine rings is 1. The molecule has 0 radical (unpaired) electrons. The molecule has 24 heavy (non-hydrogen) atoms. The largest absolute Gasteiger partial charge is 0.378 e. The molecule has 2 aliphatic rings. The topological polar surface area (TPSA) is 58.6 Å². The van der Waals surface area contributed by atoms with Crippen molar-refractivity contribution in [1.29, 1.82) is 0 Å². The highest BCUT2D eigenvalue weighted by Crippen LogP contribution is 2.33. The van der Waals surface area contributed by atoms with E-state index < -0.39 is 0 Å². The number of rotatable bonds is 4. The number of nitrogens with zero attached hydrogens (tertiary/aromatic N) is 1. The van der Waals surface area contributed by atoms with Crippen LogP contribution in [0.25, 0.3) is 0 Å². The number of aryl methyl sites for hydroxylation is 1. The van der Waals surface area contributed by atoms with E-state index in [1.807, 2.05) is 11.0 Å². The van der Waals surface area contributed by atoms with Gasteiger partial charge in [0.05, 0.1) is 18.1 Å². The van der Waals surface area contributed by atoms with Crippen molar-refractivity contribution in [2.75, 3.05) is 32.8 Å². The maximum atomic E-state index is 12.6. The Morgan fingerprint density at radius 3 is 2.83 bits per heavy atom. The molecular weight excluding hydrogens is 324 g/mol. The normalized spacial score (nSPS) is 20.8. The zero-order valence-corrected chi connectivity index (χ0v) is 15.3. The Hall–Kier alpha value is -1.40. The third-order valence-corrected chi connectivity index (χ3v) is 5.87. The first-order valence-corrected chi connectivity index (χ1v) is 9.62. The van der Waals surface area contributed by atoms with Crippen LogP contribution in [-0.4, -0.2) is 49.6 Å². The maximum Gasteiger partial charge on any atom is 0.264 e. The second-order valence-electron chi connectivity index (χ2n) is 7.04. The number of ether oxygens (including phenoxy) is 1. The molecule has 0 saturated carbocycles. The lowest BCUT2D eigenvalue weighted by Crippen LogP contribution is -2.40. The number of fused-ring (bicyclic) bond motifs is 1. The van der Waals surface area contributed by atoms with Gasteiger partial charge in [0.2, 0.25) is 5.91 Å². The lowest BCUT2D eigenvalue weighted by Gasteiger charge is -2.26. The minimum absolute atomic E-state index is 0.0391. The molecule has 1 saturated heterocycles. The Morgan fingerprint density at radius 2 is 2.12 bits per heavy atom. The molecule has 0 spiro atoms. The minimum atomic E-state index is 0.0391. The molecule has 0 unspecified atom stereocenters. The molecule has 1 aliphatic carbocycles. The van der Waals surface area contributed by atoms with E-state index in [0.29, 0.717) is 32.2 Å². The van der Waals surface area contributed by atoms with Crippen molar-refractivity contribution in [2.24, 2.45) is 11.8 Å². The molecular formula is C18H26N2O3S. The third kappa shape index (κ3) is 3.98. The van der Waals surface area contributed by atoms with Crippen LogP contribution in [0.15, 0.2) is 6.07 Å². The molecule has 6 heteroatoms. The maximum absolute atomic E-state index is 12.6. The van der Waals surface area contributed by atoms with Crippen molar-refractivity contribution < 1.29 is 14.3 Å². The number of thiophene rings is 1. The highest BCUT2D eigenvalue weighted by atomic mass is 32.1. The summed E-state index contributed by atoms with van der Waals surface area (Å²) in [5, 5.41) is 3.04. The first-order chi connectivity index (χ1) is 11.5. The SMILES string of the molecule is CC(C)CNC(=O)[C@H]1CCc2sc(C(=O)N3CCOCC3)cc2C1. The average Bonchev–Trinajstić information content (AvgIpc) is 3.02. The van der Waals surface area contributed by atoms with Gasteiger partial charge in [0.1, 0.15) is 0 Å². The lowest BCUT2D eigenvalue weighted by atomic mass is 9.87. The highest BCUT2D eigenvalue weighted by Gasteiger charge is 2.28. The van der Waals surface area contributed by atoms with Crippen LogP contribution in [0.2, 0.25) is 0 Å². The first kappa shape index (κ1) is 17.4. The van der Waals surface area contributed by atoms with Crippen LogP contribution in [0.1, 0.15) is 40.4 Å². The fraction of sp³-hybridized carbons (Fsp3) is 0.667. The molecule has 1 atom stereocenters. The van der Waals surface area contributed by atoms with Crippen LogP contribution < -0.4 is 5.32 Å². The van der Waals surface area contributed by atoms with E-state index in [-0.39, 0.29) is 17.7 Å². The molecule has 1 N–H and O–H groups in total. The summed E-state index contributed by atoms with van der Waals surface area (Å²) in [6.07, 6.45) is 2.53. The second kappa shape index (κ2) is 7.66. The summed E-state index contributed by atoms with van der Waals surface area (Å²) >= 11 is 1.61. The van der Waals surface area contributed by atoms with Gasteiger partial charge in [-0.25, -0.2) is 0 Å². The van der Waals surface area contributed by atoms with Gasteiger partial charge in [0.25, 0.3) is 5.91 Å². The van der Waals surface area contributed by atoms with Gasteiger partial charge in [-0.1, -0.05) is 13.8 Å². The van der Waals surface area contributed by atoms with Crippen molar-refractivity contribution >= 4 is 23.2 Å². The van der Waals surface area contributed by atoms with Crippen molar-refractivity contribution in [3.8, 4) is 0 Å². The molecule has 132 valence electrons. The zero-order chi connectivity index (χ0) is 17.1. The van der Waals surface area contributed by atoms with Crippen LogP contribution in [0.5, 0.6) is 0 Å². The molecule has 1 fully saturated rings. The van der Waals surface area contributed by atoms with Crippen molar-refractivity contribution in [2.45, 2.75) is 33.1 Å². The Bertz CT molecular complexity index is 605. The zero-order valence-electron chi connectivity index (χ0n) is 14.5. The fourth-order valence-corrected chi connectivity index (χ4v) is 4.40. The van der Waals surface area contributed by atoms with Crippen LogP contribution in [0, 0.1) is 11.8 Å². The number of carbonyl (C=O) groups excluding carboxylic acids is 2. The number of hydrogen-bond acceptors (Lipinski definition) is 4. The summed E-state index contributed by atoms with van der Waals surface area (Å²) in [6.45, 7) is 7.50. The summed E-state index contributed by atoms with van der Waals surface area (Å²) in [5.41, 5.74) is 1.19. The van der Waals surface area contributed by atoms with E-state index in [0.717, 1.165) is 30.7 Å². The third-order valence-electron chi connectivity index (χ3n) is 4.65. The lowest BCUT2D eigenvalue weighted by molar-refractivity contribution is -0.125. The Morgan fingerprint density at radius 1 is 1.38 bits per heavy atom. The van der Waals surface area contributed by atoms with Crippen molar-refractivity contribution in [1.82, 2.24) is 10.2 Å². The van der Waals surface area contributed by atoms with Gasteiger partial charge in [-0.3, -0.25) is 9.59 Å². The van der Waals surface area contributed by atoms with Gasteiger partial charge in [0, 0.05) is 30.4 Å². The predicted molar refractivity (Wildman–Crippen MR) is 94.4 cm³/mol. The average molecular weight is 350 g/mol. The van der Waals surface area contributed by atoms with E-state index >= 15 is 0 Å². The summed E-state index contributed by atoms with van der Waals surface area (Å²) in [5.74, 6) is 0.768. The van der Waals surface area contributed by atoms with E-state index in [4.69, 9.17) is 4.74 Å². The van der Waals surface area contributed by atoms with E-state index in [2.05, 4.69) is 19.2 Å². The molecule has 2 heterocycles. The number of amides is 2. The molecule has 3 rings (SSSR count). The van der Waals surface area contributed by atoms with Gasteiger partial charge >= 0.3 is 0 Å². The van der Waals surface area contributed by atoms with Gasteiger partial charge in [-0.2, -0.15) is 0 Å². The Kier molecular flexibility index (Phi) is 5.56. The summed E-state index contributed by atoms with van der Waals surface area (Å²) < 4.78 is 5.31. The molecule has 1 aromatic heterocycles. The molecule has 1 aliphatic heterocycles. The van der Waals surface area contributed by atoms with Gasteiger partial charge in [-0.15, -0.1) is 11.3 Å². The van der Waals surface area contributed by atoms with Gasteiger partial charge < -0.3 is 15.0 Å². The fourth-order valence-electron chi connectivity index (χ4n) is 3.22. The van der Waals surface area contributed by atoms with E-state index in [1.165, 1.54) is 10.4 Å². The molecule has 1 aromatic rings. The number of carbonyl (C=O) groups is 2. The van der Waals surface area contributed by atoms with Crippen LogP contribution in [-0.2, 0) is 22.4 Å². The van der Waals surface area contributed by atoms with E-state index in [9.17, 15) is 9.59 Å². The Labute approximate surface area is 147 Å². The van der Waals surface area contributed by atoms with Gasteiger partial charge in [-0.05, 0) is 36.8 Å². The van der Waals surface area contributed by atoms with E-state index in [1.54, 1.807) is 11.3 Å². The first-order valence-electron chi connectivity index (χ1n) is 8.81. The van der Waals surface area contributed by atoms with Crippen molar-refractivity contribution in [3.63, 3.8) is 0 Å². The molecule has 0 bridgehead atoms. The summed E-state index contributed by atoms with van der Waals surface area (Å²) in [6, 6.07) is 2.01. The Balaban J connectivity index is 1.64. The summed E-state index contributed by atoms with van der Waals surface area (Å²) in [4.78, 5) is 28.9. The molecule has 5 nitrogen and oxygen atoms in total. The van der Waals surface area contributed by atoms with Crippen LogP contribution in [0.3, 0.4) is 0 Å². The molecule has 2 amide bonds. The standard InChI is InChI=1S/C18H26N2O3S/c1-12(2)11-19-17(21)13-3-4-15-14(9-13)10-16(24-15)18(22)20-5-7-23-8-6-20/h10,12-13H,3-9,11H2,1-2H3,(H,19,21)/t13-/m0/s1. The smallest absolute Gasteiger partial charge is 0.264 e. The minimum Gasteiger partial charge on any atom is -0.378 e. The van der Waals surface area contributed by atoms with Crippen molar-refractivity contribution in [3.05, 3.63) is 21.4 Å². The van der Waals surface area contributed by atoms with Crippen LogP contribution in [0.4, 0.5) is 0 Å². The summed E-state index contributed by atoms with van der Waals surface area (Å²) in [7, 11) is 0.